The second kappa shape index (κ2) is 6.53. The first kappa shape index (κ1) is 15.7. The summed E-state index contributed by atoms with van der Waals surface area (Å²) in [5.41, 5.74) is 2.75. The van der Waals surface area contributed by atoms with Crippen LogP contribution in [0.3, 0.4) is 0 Å². The summed E-state index contributed by atoms with van der Waals surface area (Å²) < 4.78 is 11.9. The SMILES string of the molecule is COc1ncccc1C(=O)Nc1cnn(Cc2c(C)noc2C)c1. The summed E-state index contributed by atoms with van der Waals surface area (Å²) in [5, 5.41) is 10.9. The zero-order valence-electron chi connectivity index (χ0n) is 13.6. The number of rotatable bonds is 5. The van der Waals surface area contributed by atoms with Gasteiger partial charge >= 0.3 is 0 Å². The number of amides is 1. The third-order valence-electron chi connectivity index (χ3n) is 3.60. The number of nitrogens with zero attached hydrogens (tertiary/aromatic N) is 4. The fourth-order valence-electron chi connectivity index (χ4n) is 2.33. The highest BCUT2D eigenvalue weighted by Crippen LogP contribution is 2.17. The fourth-order valence-corrected chi connectivity index (χ4v) is 2.33. The summed E-state index contributed by atoms with van der Waals surface area (Å²) in [7, 11) is 1.47. The van der Waals surface area contributed by atoms with E-state index in [2.05, 4.69) is 20.6 Å². The molecule has 0 aromatic carbocycles. The zero-order valence-corrected chi connectivity index (χ0v) is 13.6. The highest BCUT2D eigenvalue weighted by atomic mass is 16.5. The first-order chi connectivity index (χ1) is 11.6. The minimum absolute atomic E-state index is 0.276. The molecule has 0 radical (unpaired) electrons. The van der Waals surface area contributed by atoms with E-state index in [1.807, 2.05) is 13.8 Å². The number of hydrogen-bond acceptors (Lipinski definition) is 6. The maximum atomic E-state index is 12.3. The van der Waals surface area contributed by atoms with Crippen LogP contribution in [-0.2, 0) is 6.54 Å². The van der Waals surface area contributed by atoms with Crippen LogP contribution in [-0.4, -0.2) is 32.9 Å². The standard InChI is InChI=1S/C16H17N5O3/c1-10-14(11(2)24-20-10)9-21-8-12(7-18-21)19-15(22)13-5-4-6-17-16(13)23-3/h4-8H,9H2,1-3H3,(H,19,22). The average molecular weight is 327 g/mol. The molecule has 24 heavy (non-hydrogen) atoms. The topological polar surface area (TPSA) is 95.1 Å². The van der Waals surface area contributed by atoms with Crippen molar-refractivity contribution < 1.29 is 14.1 Å². The van der Waals surface area contributed by atoms with Gasteiger partial charge in [0, 0.05) is 18.0 Å². The van der Waals surface area contributed by atoms with Crippen LogP contribution in [0.15, 0.2) is 35.2 Å². The van der Waals surface area contributed by atoms with Gasteiger partial charge in [-0.15, -0.1) is 0 Å². The van der Waals surface area contributed by atoms with E-state index in [4.69, 9.17) is 9.26 Å². The second-order valence-corrected chi connectivity index (χ2v) is 5.24. The zero-order chi connectivity index (χ0) is 17.1. The third-order valence-corrected chi connectivity index (χ3v) is 3.60. The van der Waals surface area contributed by atoms with Crippen molar-refractivity contribution in [3.63, 3.8) is 0 Å². The second-order valence-electron chi connectivity index (χ2n) is 5.24. The number of methoxy groups -OCH3 is 1. The molecule has 0 bridgehead atoms. The molecule has 0 saturated heterocycles. The molecule has 3 heterocycles. The van der Waals surface area contributed by atoms with Crippen molar-refractivity contribution >= 4 is 11.6 Å². The molecule has 0 unspecified atom stereocenters. The molecule has 0 aliphatic rings. The molecule has 1 amide bonds. The Bertz CT molecular complexity index is 849. The van der Waals surface area contributed by atoms with Gasteiger partial charge in [0.2, 0.25) is 5.88 Å². The molecule has 0 spiro atoms. The van der Waals surface area contributed by atoms with Crippen molar-refractivity contribution in [3.05, 3.63) is 53.3 Å². The Labute approximate surface area is 138 Å². The van der Waals surface area contributed by atoms with Crippen LogP contribution in [0.2, 0.25) is 0 Å². The Hall–Kier alpha value is -3.16. The van der Waals surface area contributed by atoms with Gasteiger partial charge in [-0.3, -0.25) is 9.48 Å². The number of carbonyl (C=O) groups excluding carboxylic acids is 1. The van der Waals surface area contributed by atoms with Crippen LogP contribution in [0.5, 0.6) is 5.88 Å². The van der Waals surface area contributed by atoms with E-state index in [-0.39, 0.29) is 11.8 Å². The largest absolute Gasteiger partial charge is 0.480 e. The van der Waals surface area contributed by atoms with Gasteiger partial charge in [0.1, 0.15) is 11.3 Å². The number of aryl methyl sites for hydroxylation is 2. The van der Waals surface area contributed by atoms with Gasteiger partial charge in [0.05, 0.1) is 31.2 Å². The number of aromatic nitrogens is 4. The minimum Gasteiger partial charge on any atom is -0.480 e. The Kier molecular flexibility index (Phi) is 4.28. The first-order valence-electron chi connectivity index (χ1n) is 7.33. The Morgan fingerprint density at radius 1 is 1.42 bits per heavy atom. The Morgan fingerprint density at radius 3 is 2.96 bits per heavy atom. The smallest absolute Gasteiger partial charge is 0.261 e. The molecular formula is C16H17N5O3. The predicted octanol–water partition coefficient (Wildman–Crippen LogP) is 2.19. The quantitative estimate of drug-likeness (QED) is 0.772. The predicted molar refractivity (Wildman–Crippen MR) is 86.0 cm³/mol. The van der Waals surface area contributed by atoms with Crippen molar-refractivity contribution in [3.8, 4) is 5.88 Å². The van der Waals surface area contributed by atoms with E-state index in [1.165, 1.54) is 7.11 Å². The lowest BCUT2D eigenvalue weighted by molar-refractivity contribution is 0.102. The van der Waals surface area contributed by atoms with Crippen LogP contribution in [0.1, 0.15) is 27.4 Å². The summed E-state index contributed by atoms with van der Waals surface area (Å²) >= 11 is 0. The summed E-state index contributed by atoms with van der Waals surface area (Å²) in [6.45, 7) is 4.26. The van der Waals surface area contributed by atoms with Crippen molar-refractivity contribution in [1.29, 1.82) is 0 Å². The minimum atomic E-state index is -0.308. The molecule has 0 aliphatic heterocycles. The Morgan fingerprint density at radius 2 is 2.25 bits per heavy atom. The molecule has 1 N–H and O–H groups in total. The van der Waals surface area contributed by atoms with Gasteiger partial charge in [-0.05, 0) is 26.0 Å². The molecule has 0 fully saturated rings. The van der Waals surface area contributed by atoms with Crippen molar-refractivity contribution in [1.82, 2.24) is 19.9 Å². The van der Waals surface area contributed by atoms with Crippen LogP contribution in [0.4, 0.5) is 5.69 Å². The highest BCUT2D eigenvalue weighted by Gasteiger charge is 2.15. The summed E-state index contributed by atoms with van der Waals surface area (Å²) in [6.07, 6.45) is 4.89. The number of nitrogens with one attached hydrogen (secondary N) is 1. The number of anilines is 1. The van der Waals surface area contributed by atoms with Crippen LogP contribution < -0.4 is 10.1 Å². The van der Waals surface area contributed by atoms with Crippen LogP contribution >= 0.6 is 0 Å². The normalized spacial score (nSPS) is 10.6. The van der Waals surface area contributed by atoms with E-state index >= 15 is 0 Å². The van der Waals surface area contributed by atoms with Gasteiger partial charge in [0.25, 0.3) is 5.91 Å². The molecule has 0 aliphatic carbocycles. The Balaban J connectivity index is 1.73. The maximum Gasteiger partial charge on any atom is 0.261 e. The monoisotopic (exact) mass is 327 g/mol. The molecule has 0 saturated carbocycles. The van der Waals surface area contributed by atoms with E-state index in [9.17, 15) is 4.79 Å². The fraction of sp³-hybridized carbons (Fsp3) is 0.250. The highest BCUT2D eigenvalue weighted by molar-refractivity contribution is 6.05. The summed E-state index contributed by atoms with van der Waals surface area (Å²) in [5.74, 6) is 0.726. The van der Waals surface area contributed by atoms with Gasteiger partial charge in [-0.1, -0.05) is 5.16 Å². The van der Waals surface area contributed by atoms with Gasteiger partial charge in [-0.25, -0.2) is 4.98 Å². The molecule has 8 heteroatoms. The van der Waals surface area contributed by atoms with Crippen LogP contribution in [0.25, 0.3) is 0 Å². The van der Waals surface area contributed by atoms with E-state index in [0.717, 1.165) is 17.0 Å². The number of pyridine rings is 1. The summed E-state index contributed by atoms with van der Waals surface area (Å²) in [4.78, 5) is 16.3. The lowest BCUT2D eigenvalue weighted by Crippen LogP contribution is -2.13. The van der Waals surface area contributed by atoms with E-state index in [0.29, 0.717) is 17.8 Å². The molecule has 3 aromatic heterocycles. The maximum absolute atomic E-state index is 12.3. The molecule has 124 valence electrons. The number of carbonyl (C=O) groups is 1. The summed E-state index contributed by atoms with van der Waals surface area (Å²) in [6, 6.07) is 3.33. The van der Waals surface area contributed by atoms with E-state index < -0.39 is 0 Å². The molecule has 0 atom stereocenters. The van der Waals surface area contributed by atoms with E-state index in [1.54, 1.807) is 35.4 Å². The van der Waals surface area contributed by atoms with Gasteiger partial charge in [-0.2, -0.15) is 5.10 Å². The van der Waals surface area contributed by atoms with Crippen molar-refractivity contribution in [2.75, 3.05) is 12.4 Å². The average Bonchev–Trinajstić information content (AvgIpc) is 3.16. The molecule has 3 rings (SSSR count). The number of ether oxygens (including phenoxy) is 1. The van der Waals surface area contributed by atoms with Gasteiger partial charge in [0.15, 0.2) is 0 Å². The third kappa shape index (κ3) is 3.12. The molecular weight excluding hydrogens is 310 g/mol. The molecule has 3 aromatic rings. The van der Waals surface area contributed by atoms with Crippen LogP contribution in [0, 0.1) is 13.8 Å². The van der Waals surface area contributed by atoms with Gasteiger partial charge < -0.3 is 14.6 Å². The van der Waals surface area contributed by atoms with Crippen molar-refractivity contribution in [2.24, 2.45) is 0 Å². The number of hydrogen-bond donors (Lipinski definition) is 1. The lowest BCUT2D eigenvalue weighted by Gasteiger charge is -2.06. The molecule has 8 nitrogen and oxygen atoms in total. The first-order valence-corrected chi connectivity index (χ1v) is 7.33. The lowest BCUT2D eigenvalue weighted by atomic mass is 10.2. The van der Waals surface area contributed by atoms with Crippen molar-refractivity contribution in [2.45, 2.75) is 20.4 Å².